The number of hydrogen-bond acceptors (Lipinski definition) is 4. The molecule has 30 heavy (non-hydrogen) atoms. The molecule has 158 valence electrons. The molecule has 0 saturated carbocycles. The number of imidazole rings is 1. The molecule has 2 heterocycles. The SMILES string of the molecule is CC(C)(C)c1[nH]cnc1/C=c1\[nH]c(=O)/c(=C/c2cccc(OC(F)(F)F)c2)[nH]c1=O. The Morgan fingerprint density at radius 1 is 1.00 bits per heavy atom. The topological polar surface area (TPSA) is 104 Å². The van der Waals surface area contributed by atoms with E-state index in [1.54, 1.807) is 0 Å². The molecule has 0 radical (unpaired) electrons. The molecule has 3 N–H and O–H groups in total. The van der Waals surface area contributed by atoms with Crippen molar-refractivity contribution in [3.05, 3.63) is 78.9 Å². The number of hydrogen-bond donors (Lipinski definition) is 3. The molecule has 0 unspecified atom stereocenters. The first-order valence-electron chi connectivity index (χ1n) is 8.88. The molecule has 0 spiro atoms. The maximum Gasteiger partial charge on any atom is 0.573 e. The summed E-state index contributed by atoms with van der Waals surface area (Å²) in [5.41, 5.74) is 0.100. The summed E-state index contributed by atoms with van der Waals surface area (Å²) in [5.74, 6) is -0.437. The second-order valence-corrected chi connectivity index (χ2v) is 7.56. The minimum atomic E-state index is -4.83. The molecule has 7 nitrogen and oxygen atoms in total. The van der Waals surface area contributed by atoms with Gasteiger partial charge >= 0.3 is 6.36 Å². The lowest BCUT2D eigenvalue weighted by molar-refractivity contribution is -0.274. The third-order valence-electron chi connectivity index (χ3n) is 4.09. The van der Waals surface area contributed by atoms with Crippen molar-refractivity contribution in [3.8, 4) is 5.75 Å². The van der Waals surface area contributed by atoms with Crippen molar-refractivity contribution in [1.29, 1.82) is 0 Å². The van der Waals surface area contributed by atoms with Crippen LogP contribution in [-0.2, 0) is 5.41 Å². The van der Waals surface area contributed by atoms with E-state index in [1.165, 1.54) is 30.6 Å². The summed E-state index contributed by atoms with van der Waals surface area (Å²) in [5, 5.41) is -0.108. The van der Waals surface area contributed by atoms with Crippen molar-refractivity contribution < 1.29 is 17.9 Å². The Balaban J connectivity index is 2.05. The number of rotatable bonds is 3. The van der Waals surface area contributed by atoms with Crippen LogP contribution >= 0.6 is 0 Å². The van der Waals surface area contributed by atoms with Crippen LogP contribution in [0.5, 0.6) is 5.75 Å². The molecular formula is C20H19F3N4O3. The van der Waals surface area contributed by atoms with Crippen LogP contribution in [0.4, 0.5) is 13.2 Å². The summed E-state index contributed by atoms with van der Waals surface area (Å²) in [6.45, 7) is 5.92. The minimum absolute atomic E-state index is 0.00362. The molecule has 0 aliphatic heterocycles. The van der Waals surface area contributed by atoms with E-state index in [0.717, 1.165) is 17.8 Å². The van der Waals surface area contributed by atoms with Crippen molar-refractivity contribution >= 4 is 12.2 Å². The fourth-order valence-corrected chi connectivity index (χ4v) is 2.82. The summed E-state index contributed by atoms with van der Waals surface area (Å²) in [7, 11) is 0. The number of H-pyrrole nitrogens is 3. The van der Waals surface area contributed by atoms with Crippen LogP contribution in [-0.4, -0.2) is 26.3 Å². The standard InChI is InChI=1S/C20H19F3N4O3/c1-19(2,3)16-13(24-10-25-16)9-15-18(29)26-14(17(28)27-15)8-11-5-4-6-12(7-11)30-20(21,22)23/h4-10H,1-3H3,(H,24,25)(H,26,29)(H,27,28)/b14-8-,15-9-. The molecule has 0 saturated heterocycles. The van der Waals surface area contributed by atoms with Gasteiger partial charge in [-0.25, -0.2) is 4.98 Å². The quantitative estimate of drug-likeness (QED) is 0.599. The average Bonchev–Trinajstić information content (AvgIpc) is 3.07. The van der Waals surface area contributed by atoms with Gasteiger partial charge in [-0.05, 0) is 29.8 Å². The van der Waals surface area contributed by atoms with Crippen molar-refractivity contribution in [2.45, 2.75) is 32.5 Å². The number of alkyl halides is 3. The first kappa shape index (κ1) is 21.2. The highest BCUT2D eigenvalue weighted by molar-refractivity contribution is 5.51. The third kappa shape index (κ3) is 5.07. The Morgan fingerprint density at radius 3 is 2.23 bits per heavy atom. The molecule has 0 atom stereocenters. The van der Waals surface area contributed by atoms with Gasteiger partial charge in [0.2, 0.25) is 0 Å². The lowest BCUT2D eigenvalue weighted by Gasteiger charge is -2.16. The summed E-state index contributed by atoms with van der Waals surface area (Å²) in [6.07, 6.45) is -0.627. The van der Waals surface area contributed by atoms with Gasteiger partial charge in [-0.3, -0.25) is 9.59 Å². The predicted octanol–water partition coefficient (Wildman–Crippen LogP) is 1.64. The van der Waals surface area contributed by atoms with E-state index >= 15 is 0 Å². The van der Waals surface area contributed by atoms with E-state index in [0.29, 0.717) is 5.69 Å². The van der Waals surface area contributed by atoms with E-state index in [1.807, 2.05) is 20.8 Å². The number of ether oxygens (including phenoxy) is 1. The maximum absolute atomic E-state index is 12.4. The first-order chi connectivity index (χ1) is 13.9. The van der Waals surface area contributed by atoms with Gasteiger partial charge < -0.3 is 19.7 Å². The van der Waals surface area contributed by atoms with E-state index < -0.39 is 23.2 Å². The van der Waals surface area contributed by atoms with Crippen LogP contribution in [0.15, 0.2) is 40.2 Å². The molecule has 0 bridgehead atoms. The molecule has 0 aliphatic rings. The highest BCUT2D eigenvalue weighted by Gasteiger charge is 2.31. The van der Waals surface area contributed by atoms with Gasteiger partial charge in [-0.1, -0.05) is 32.9 Å². The largest absolute Gasteiger partial charge is 0.573 e. The fraction of sp³-hybridized carbons (Fsp3) is 0.250. The molecule has 3 aromatic rings. The van der Waals surface area contributed by atoms with Crippen LogP contribution < -0.4 is 26.6 Å². The molecule has 1 aromatic carbocycles. The van der Waals surface area contributed by atoms with Gasteiger partial charge in [0.15, 0.2) is 0 Å². The number of halogens is 3. The molecule has 2 aromatic heterocycles. The smallest absolute Gasteiger partial charge is 0.406 e. The van der Waals surface area contributed by atoms with Gasteiger partial charge in [-0.2, -0.15) is 0 Å². The Morgan fingerprint density at radius 2 is 1.63 bits per heavy atom. The van der Waals surface area contributed by atoms with Crippen molar-refractivity contribution in [2.75, 3.05) is 0 Å². The van der Waals surface area contributed by atoms with Gasteiger partial charge in [0.25, 0.3) is 11.1 Å². The maximum atomic E-state index is 12.4. The zero-order chi connectivity index (χ0) is 22.1. The second-order valence-electron chi connectivity index (χ2n) is 7.56. The third-order valence-corrected chi connectivity index (χ3v) is 4.09. The van der Waals surface area contributed by atoms with Gasteiger partial charge in [-0.15, -0.1) is 13.2 Å². The average molecular weight is 420 g/mol. The highest BCUT2D eigenvalue weighted by Crippen LogP contribution is 2.24. The minimum Gasteiger partial charge on any atom is -0.406 e. The molecule has 0 amide bonds. The van der Waals surface area contributed by atoms with Crippen LogP contribution in [0.25, 0.3) is 12.2 Å². The van der Waals surface area contributed by atoms with Gasteiger partial charge in [0, 0.05) is 11.1 Å². The fourth-order valence-electron chi connectivity index (χ4n) is 2.82. The predicted molar refractivity (Wildman–Crippen MR) is 104 cm³/mol. The van der Waals surface area contributed by atoms with E-state index in [4.69, 9.17) is 0 Å². The zero-order valence-electron chi connectivity index (χ0n) is 16.3. The highest BCUT2D eigenvalue weighted by atomic mass is 19.4. The normalized spacial score (nSPS) is 13.7. The van der Waals surface area contributed by atoms with E-state index in [9.17, 15) is 22.8 Å². The molecule has 3 rings (SSSR count). The van der Waals surface area contributed by atoms with E-state index in [-0.39, 0.29) is 21.7 Å². The Hall–Kier alpha value is -3.56. The second kappa shape index (κ2) is 7.69. The lowest BCUT2D eigenvalue weighted by Crippen LogP contribution is -2.46. The number of nitrogens with zero attached hydrogens (tertiary/aromatic N) is 1. The first-order valence-corrected chi connectivity index (χ1v) is 8.88. The number of aromatic nitrogens is 4. The number of benzene rings is 1. The Labute approximate surface area is 168 Å². The number of nitrogens with one attached hydrogen (secondary N) is 3. The lowest BCUT2D eigenvalue weighted by atomic mass is 9.90. The van der Waals surface area contributed by atoms with Crippen LogP contribution in [0.3, 0.4) is 0 Å². The van der Waals surface area contributed by atoms with Crippen molar-refractivity contribution in [3.63, 3.8) is 0 Å². The summed E-state index contributed by atoms with van der Waals surface area (Å²) >= 11 is 0. The van der Waals surface area contributed by atoms with Crippen molar-refractivity contribution in [1.82, 2.24) is 19.9 Å². The molecule has 0 fully saturated rings. The molecule has 10 heteroatoms. The van der Waals surface area contributed by atoms with Crippen LogP contribution in [0.2, 0.25) is 0 Å². The van der Waals surface area contributed by atoms with Crippen LogP contribution in [0, 0.1) is 0 Å². The summed E-state index contributed by atoms with van der Waals surface area (Å²) in [6, 6.07) is 5.05. The van der Waals surface area contributed by atoms with Gasteiger partial charge in [0.1, 0.15) is 16.4 Å². The monoisotopic (exact) mass is 420 g/mol. The zero-order valence-corrected chi connectivity index (χ0v) is 16.3. The summed E-state index contributed by atoms with van der Waals surface area (Å²) in [4.78, 5) is 37.0. The Bertz CT molecular complexity index is 1290. The van der Waals surface area contributed by atoms with E-state index in [2.05, 4.69) is 24.7 Å². The molecular weight excluding hydrogens is 401 g/mol. The molecule has 0 aliphatic carbocycles. The van der Waals surface area contributed by atoms with Crippen molar-refractivity contribution in [2.24, 2.45) is 0 Å². The summed E-state index contributed by atoms with van der Waals surface area (Å²) < 4.78 is 41.0. The number of aromatic amines is 3. The Kier molecular flexibility index (Phi) is 5.43. The van der Waals surface area contributed by atoms with Crippen LogP contribution in [0.1, 0.15) is 37.7 Å². The van der Waals surface area contributed by atoms with Gasteiger partial charge in [0.05, 0.1) is 12.0 Å².